The molecule has 0 aliphatic heterocycles. The van der Waals surface area contributed by atoms with Crippen LogP contribution in [0.25, 0.3) is 0 Å². The largest absolute Gasteiger partial charge is 0.496 e. The van der Waals surface area contributed by atoms with Gasteiger partial charge in [0.2, 0.25) is 0 Å². The van der Waals surface area contributed by atoms with Crippen molar-refractivity contribution in [3.8, 4) is 5.75 Å². The molecule has 0 fully saturated rings. The highest BCUT2D eigenvalue weighted by Crippen LogP contribution is 2.27. The first kappa shape index (κ1) is 30.4. The molecule has 10 nitrogen and oxygen atoms in total. The van der Waals surface area contributed by atoms with E-state index >= 15 is 0 Å². The molecule has 0 radical (unpaired) electrons. The number of anilines is 1. The molecule has 14 heteroatoms. The minimum absolute atomic E-state index is 0.0828. The van der Waals surface area contributed by atoms with Crippen LogP contribution in [0.5, 0.6) is 5.75 Å². The highest BCUT2D eigenvalue weighted by molar-refractivity contribution is 6.34. The van der Waals surface area contributed by atoms with E-state index in [4.69, 9.17) is 21.1 Å². The molecule has 0 spiro atoms. The number of carbonyl (C=O) groups excluding carboxylic acids is 4. The summed E-state index contributed by atoms with van der Waals surface area (Å²) in [4.78, 5) is 49.1. The summed E-state index contributed by atoms with van der Waals surface area (Å²) in [6.07, 6.45) is -5.07. The molecule has 2 aromatic carbocycles. The lowest BCUT2D eigenvalue weighted by atomic mass is 10.1. The fourth-order valence-corrected chi connectivity index (χ4v) is 3.23. The van der Waals surface area contributed by atoms with Crippen LogP contribution in [0.1, 0.15) is 47.1 Å². The van der Waals surface area contributed by atoms with E-state index in [-0.39, 0.29) is 33.1 Å². The van der Waals surface area contributed by atoms with Gasteiger partial charge in [-0.15, -0.1) is 0 Å². The third kappa shape index (κ3) is 8.08. The van der Waals surface area contributed by atoms with Gasteiger partial charge in [-0.25, -0.2) is 20.0 Å². The summed E-state index contributed by atoms with van der Waals surface area (Å²) in [5.41, 5.74) is 2.47. The zero-order valence-electron chi connectivity index (χ0n) is 21.1. The number of benzene rings is 2. The number of hydrogen-bond acceptors (Lipinski definition) is 7. The molecular weight excluding hydrogens is 533 g/mol. The van der Waals surface area contributed by atoms with Gasteiger partial charge in [-0.05, 0) is 50.6 Å². The zero-order valence-corrected chi connectivity index (χ0v) is 21.8. The normalized spacial score (nSPS) is 11.4. The van der Waals surface area contributed by atoms with Gasteiger partial charge in [-0.2, -0.15) is 13.2 Å². The molecule has 0 aromatic heterocycles. The van der Waals surface area contributed by atoms with E-state index in [0.717, 1.165) is 11.1 Å². The summed E-state index contributed by atoms with van der Waals surface area (Å²) >= 11 is 6.08. The molecule has 0 bridgehead atoms. The van der Waals surface area contributed by atoms with Crippen molar-refractivity contribution in [1.29, 1.82) is 0 Å². The Kier molecular flexibility index (Phi) is 9.70. The van der Waals surface area contributed by atoms with Gasteiger partial charge >= 0.3 is 24.1 Å². The average Bonchev–Trinajstić information content (AvgIpc) is 2.84. The van der Waals surface area contributed by atoms with E-state index in [0.29, 0.717) is 0 Å². The number of urea groups is 1. The topological polar surface area (TPSA) is 126 Å². The van der Waals surface area contributed by atoms with Gasteiger partial charge < -0.3 is 14.8 Å². The predicted molar refractivity (Wildman–Crippen MR) is 132 cm³/mol. The molecule has 0 saturated carbocycles. The van der Waals surface area contributed by atoms with Gasteiger partial charge in [0, 0.05) is 18.2 Å². The fourth-order valence-electron chi connectivity index (χ4n) is 3.02. The Morgan fingerprint density at radius 2 is 1.63 bits per heavy atom. The summed E-state index contributed by atoms with van der Waals surface area (Å²) in [6, 6.07) is 6.96. The number of nitrogens with one attached hydrogen (secondary N) is 3. The SMILES string of the molecule is COC(=O)c1ccc(N(NC(C)(C)C)C(=O)NC(=O)c2cc(CNC(=O)C(F)(F)F)ccc2Cl)cc1OC. The highest BCUT2D eigenvalue weighted by atomic mass is 35.5. The third-order valence-corrected chi connectivity index (χ3v) is 5.03. The smallest absolute Gasteiger partial charge is 0.471 e. The maximum Gasteiger partial charge on any atom is 0.471 e. The van der Waals surface area contributed by atoms with E-state index in [9.17, 15) is 32.3 Å². The number of alkyl halides is 3. The number of carbonyl (C=O) groups is 4. The molecule has 4 amide bonds. The molecule has 2 aromatic rings. The van der Waals surface area contributed by atoms with Crippen molar-refractivity contribution in [3.63, 3.8) is 0 Å². The second-order valence-electron chi connectivity index (χ2n) is 8.83. The fraction of sp³-hybridized carbons (Fsp3) is 0.333. The number of halogens is 4. The molecule has 0 aliphatic rings. The Labute approximate surface area is 221 Å². The Balaban J connectivity index is 2.33. The third-order valence-electron chi connectivity index (χ3n) is 4.71. The number of rotatable bonds is 7. The summed E-state index contributed by atoms with van der Waals surface area (Å²) in [5.74, 6) is -3.66. The van der Waals surface area contributed by atoms with Gasteiger partial charge in [0.25, 0.3) is 5.91 Å². The molecular formula is C24H26ClF3N4O6. The standard InChI is InChI=1S/C24H26ClF3N4O6/c1-23(2,3)31-32(14-7-8-15(20(34)38-5)18(11-14)37-4)22(36)30-19(33)16-10-13(6-9-17(16)25)12-29-21(35)24(26,27)28/h6-11,31H,12H2,1-5H3,(H,29,35)(H,30,33,36). The Bertz CT molecular complexity index is 1230. The van der Waals surface area contributed by atoms with Crippen LogP contribution in [0, 0.1) is 0 Å². The average molecular weight is 559 g/mol. The van der Waals surface area contributed by atoms with Crippen LogP contribution in [0.4, 0.5) is 23.7 Å². The van der Waals surface area contributed by atoms with Crippen molar-refractivity contribution in [1.82, 2.24) is 16.1 Å². The molecule has 0 atom stereocenters. The Morgan fingerprint density at radius 1 is 0.974 bits per heavy atom. The molecule has 2 rings (SSSR count). The van der Waals surface area contributed by atoms with E-state index < -0.39 is 42.1 Å². The van der Waals surface area contributed by atoms with Crippen LogP contribution < -0.4 is 25.8 Å². The number of imide groups is 1. The molecule has 0 heterocycles. The second-order valence-corrected chi connectivity index (χ2v) is 9.23. The van der Waals surface area contributed by atoms with Crippen molar-refractivity contribution < 1.29 is 41.8 Å². The minimum Gasteiger partial charge on any atom is -0.496 e. The van der Waals surface area contributed by atoms with Crippen molar-refractivity contribution in [2.45, 2.75) is 39.0 Å². The number of ether oxygens (including phenoxy) is 2. The molecule has 0 aliphatic carbocycles. The van der Waals surface area contributed by atoms with Crippen molar-refractivity contribution in [2.24, 2.45) is 0 Å². The number of hydrazine groups is 1. The Morgan fingerprint density at radius 3 is 2.18 bits per heavy atom. The summed E-state index contributed by atoms with van der Waals surface area (Å²) < 4.78 is 47.3. The summed E-state index contributed by atoms with van der Waals surface area (Å²) in [6.45, 7) is 4.73. The number of nitrogens with zero attached hydrogens (tertiary/aromatic N) is 1. The van der Waals surface area contributed by atoms with Crippen LogP contribution in [-0.4, -0.2) is 49.7 Å². The molecule has 0 unspecified atom stereocenters. The number of esters is 1. The predicted octanol–water partition coefficient (Wildman–Crippen LogP) is 3.97. The van der Waals surface area contributed by atoms with Gasteiger partial charge in [-0.3, -0.25) is 14.9 Å². The van der Waals surface area contributed by atoms with Gasteiger partial charge in [0.1, 0.15) is 11.3 Å². The van der Waals surface area contributed by atoms with Gasteiger partial charge in [0.15, 0.2) is 0 Å². The van der Waals surface area contributed by atoms with Crippen LogP contribution in [-0.2, 0) is 16.1 Å². The quantitative estimate of drug-likeness (QED) is 0.347. The maximum absolute atomic E-state index is 13.2. The number of amides is 4. The maximum atomic E-state index is 13.2. The molecule has 38 heavy (non-hydrogen) atoms. The van der Waals surface area contributed by atoms with Gasteiger partial charge in [-0.1, -0.05) is 17.7 Å². The number of hydrogen-bond donors (Lipinski definition) is 3. The van der Waals surface area contributed by atoms with Crippen molar-refractivity contribution in [2.75, 3.05) is 19.2 Å². The lowest BCUT2D eigenvalue weighted by Gasteiger charge is -2.31. The first-order valence-corrected chi connectivity index (χ1v) is 11.3. The summed E-state index contributed by atoms with van der Waals surface area (Å²) in [5, 5.41) is 4.79. The first-order valence-electron chi connectivity index (χ1n) is 10.9. The van der Waals surface area contributed by atoms with Crippen molar-refractivity contribution >= 4 is 41.1 Å². The summed E-state index contributed by atoms with van der Waals surface area (Å²) in [7, 11) is 2.52. The van der Waals surface area contributed by atoms with Crippen LogP contribution in [0.2, 0.25) is 5.02 Å². The van der Waals surface area contributed by atoms with E-state index in [1.54, 1.807) is 26.1 Å². The zero-order chi connectivity index (χ0) is 28.8. The van der Waals surface area contributed by atoms with Crippen molar-refractivity contribution in [3.05, 3.63) is 58.1 Å². The van der Waals surface area contributed by atoms with E-state index in [2.05, 4.69) is 10.7 Å². The van der Waals surface area contributed by atoms with E-state index in [1.165, 1.54) is 44.6 Å². The van der Waals surface area contributed by atoms with Crippen LogP contribution in [0.3, 0.4) is 0 Å². The Hall–Kier alpha value is -3.84. The molecule has 0 saturated heterocycles. The lowest BCUT2D eigenvalue weighted by molar-refractivity contribution is -0.173. The van der Waals surface area contributed by atoms with Crippen LogP contribution in [0.15, 0.2) is 36.4 Å². The molecule has 3 N–H and O–H groups in total. The van der Waals surface area contributed by atoms with E-state index in [1.807, 2.05) is 0 Å². The second kappa shape index (κ2) is 12.1. The van der Waals surface area contributed by atoms with Gasteiger partial charge in [0.05, 0.1) is 30.5 Å². The monoisotopic (exact) mass is 558 g/mol. The van der Waals surface area contributed by atoms with Crippen LogP contribution >= 0.6 is 11.6 Å². The minimum atomic E-state index is -5.07. The first-order chi connectivity index (χ1) is 17.6. The highest BCUT2D eigenvalue weighted by Gasteiger charge is 2.38. The lowest BCUT2D eigenvalue weighted by Crippen LogP contribution is -2.56. The number of methoxy groups -OCH3 is 2. The molecule has 206 valence electrons.